The van der Waals surface area contributed by atoms with Crippen molar-refractivity contribution in [2.45, 2.75) is 0 Å². The number of nitrogens with one attached hydrogen (secondary N) is 1. The molecule has 17 heavy (non-hydrogen) atoms. The number of fused-ring (bicyclic) bond motifs is 1. The Bertz CT molecular complexity index is 772. The molecule has 1 N–H and O–H groups in total. The summed E-state index contributed by atoms with van der Waals surface area (Å²) in [4.78, 5) is 3.09. The van der Waals surface area contributed by atoms with Gasteiger partial charge in [-0.3, -0.25) is 4.57 Å². The van der Waals surface area contributed by atoms with Gasteiger partial charge in [0.15, 0.2) is 4.77 Å². The number of hydrogen-bond donors (Lipinski definition) is 1. The van der Waals surface area contributed by atoms with Crippen molar-refractivity contribution >= 4 is 34.6 Å². The Kier molecular flexibility index (Phi) is 2.32. The van der Waals surface area contributed by atoms with Gasteiger partial charge in [-0.05, 0) is 35.8 Å². The lowest BCUT2D eigenvalue weighted by molar-refractivity contribution is 1.07. The van der Waals surface area contributed by atoms with E-state index in [1.54, 1.807) is 17.4 Å². The molecule has 3 nitrogen and oxygen atoms in total. The molecule has 0 aliphatic heterocycles. The van der Waals surface area contributed by atoms with E-state index in [9.17, 15) is 0 Å². The van der Waals surface area contributed by atoms with Crippen LogP contribution in [0.3, 0.4) is 0 Å². The van der Waals surface area contributed by atoms with Gasteiger partial charge in [0, 0.05) is 5.38 Å². The second kappa shape index (κ2) is 3.84. The van der Waals surface area contributed by atoms with Gasteiger partial charge in [0.2, 0.25) is 0 Å². The molecule has 1 aromatic carbocycles. The summed E-state index contributed by atoms with van der Waals surface area (Å²) >= 11 is 6.93. The zero-order chi connectivity index (χ0) is 11.8. The number of benzene rings is 1. The molecule has 2 aromatic heterocycles. The van der Waals surface area contributed by atoms with Gasteiger partial charge >= 0.3 is 0 Å². The predicted octanol–water partition coefficient (Wildman–Crippen LogP) is 3.62. The zero-order valence-corrected chi connectivity index (χ0v) is 10.3. The van der Waals surface area contributed by atoms with Crippen LogP contribution in [0.4, 0.5) is 0 Å². The van der Waals surface area contributed by atoms with Gasteiger partial charge in [0.05, 0.1) is 22.3 Å². The molecule has 0 saturated heterocycles. The largest absolute Gasteiger partial charge is 0.329 e. The number of thiophene rings is 1. The van der Waals surface area contributed by atoms with Crippen molar-refractivity contribution in [3.05, 3.63) is 45.4 Å². The van der Waals surface area contributed by atoms with Crippen LogP contribution in [0.15, 0.2) is 35.0 Å². The smallest absolute Gasteiger partial charge is 0.182 e. The summed E-state index contributed by atoms with van der Waals surface area (Å²) in [6, 6.07) is 9.78. The second-order valence-electron chi connectivity index (χ2n) is 3.56. The fourth-order valence-corrected chi connectivity index (χ4v) is 2.79. The molecule has 82 valence electrons. The van der Waals surface area contributed by atoms with Crippen LogP contribution >= 0.6 is 23.6 Å². The number of nitrogens with zero attached hydrogens (tertiary/aromatic N) is 2. The number of aromatic nitrogens is 2. The second-order valence-corrected chi connectivity index (χ2v) is 4.73. The SMILES string of the molecule is N#Cc1cccc2c1[nH]c(=S)n2-c1ccsc1. The van der Waals surface area contributed by atoms with Crippen molar-refractivity contribution < 1.29 is 0 Å². The minimum atomic E-state index is 0.612. The molecule has 0 bridgehead atoms. The molecule has 0 unspecified atom stereocenters. The average Bonchev–Trinajstić information content (AvgIpc) is 2.93. The topological polar surface area (TPSA) is 44.5 Å². The third kappa shape index (κ3) is 1.50. The van der Waals surface area contributed by atoms with E-state index < -0.39 is 0 Å². The molecule has 2 heterocycles. The quantitative estimate of drug-likeness (QED) is 0.677. The highest BCUT2D eigenvalue weighted by Crippen LogP contribution is 2.23. The predicted molar refractivity (Wildman–Crippen MR) is 71.1 cm³/mol. The van der Waals surface area contributed by atoms with Crippen molar-refractivity contribution in [3.63, 3.8) is 0 Å². The van der Waals surface area contributed by atoms with Crippen LogP contribution in [-0.4, -0.2) is 9.55 Å². The number of rotatable bonds is 1. The summed E-state index contributed by atoms with van der Waals surface area (Å²) in [6.45, 7) is 0. The van der Waals surface area contributed by atoms with Crippen LogP contribution < -0.4 is 0 Å². The molecule has 3 aromatic rings. The normalized spacial score (nSPS) is 10.5. The lowest BCUT2D eigenvalue weighted by Crippen LogP contribution is -1.90. The fourth-order valence-electron chi connectivity index (χ4n) is 1.86. The van der Waals surface area contributed by atoms with E-state index in [1.165, 1.54) is 0 Å². The maximum absolute atomic E-state index is 9.06. The van der Waals surface area contributed by atoms with E-state index in [0.717, 1.165) is 16.7 Å². The van der Waals surface area contributed by atoms with E-state index in [4.69, 9.17) is 17.5 Å². The first kappa shape index (κ1) is 10.3. The Labute approximate surface area is 107 Å². The van der Waals surface area contributed by atoms with Crippen molar-refractivity contribution in [1.29, 1.82) is 5.26 Å². The third-order valence-electron chi connectivity index (χ3n) is 2.60. The Hall–Kier alpha value is -1.90. The summed E-state index contributed by atoms with van der Waals surface area (Å²) < 4.78 is 2.56. The van der Waals surface area contributed by atoms with Crippen LogP contribution in [0.2, 0.25) is 0 Å². The van der Waals surface area contributed by atoms with E-state index in [-0.39, 0.29) is 0 Å². The van der Waals surface area contributed by atoms with Crippen molar-refractivity contribution in [3.8, 4) is 11.8 Å². The molecule has 3 rings (SSSR count). The number of para-hydroxylation sites is 1. The molecule has 0 spiro atoms. The van der Waals surface area contributed by atoms with Crippen LogP contribution in [0.1, 0.15) is 5.56 Å². The van der Waals surface area contributed by atoms with Gasteiger partial charge in [-0.2, -0.15) is 16.6 Å². The molecule has 0 atom stereocenters. The van der Waals surface area contributed by atoms with Gasteiger partial charge in [0.1, 0.15) is 6.07 Å². The molecule has 0 aliphatic carbocycles. The zero-order valence-electron chi connectivity index (χ0n) is 8.68. The minimum absolute atomic E-state index is 0.612. The van der Waals surface area contributed by atoms with Gasteiger partial charge in [-0.25, -0.2) is 0 Å². The summed E-state index contributed by atoms with van der Waals surface area (Å²) in [7, 11) is 0. The minimum Gasteiger partial charge on any atom is -0.329 e. The third-order valence-corrected chi connectivity index (χ3v) is 3.56. The molecular weight excluding hydrogens is 250 g/mol. The maximum Gasteiger partial charge on any atom is 0.182 e. The van der Waals surface area contributed by atoms with E-state index in [0.29, 0.717) is 10.3 Å². The molecule has 0 radical (unpaired) electrons. The lowest BCUT2D eigenvalue weighted by Gasteiger charge is -2.00. The Morgan fingerprint density at radius 1 is 1.35 bits per heavy atom. The molecule has 0 amide bonds. The van der Waals surface area contributed by atoms with Crippen molar-refractivity contribution in [2.24, 2.45) is 0 Å². The fraction of sp³-hybridized carbons (Fsp3) is 0. The first-order valence-electron chi connectivity index (χ1n) is 4.97. The maximum atomic E-state index is 9.06. The van der Waals surface area contributed by atoms with Crippen LogP contribution in [0, 0.1) is 16.1 Å². The first-order valence-corrected chi connectivity index (χ1v) is 6.33. The summed E-state index contributed by atoms with van der Waals surface area (Å²) in [5.74, 6) is 0. The molecule has 0 fully saturated rings. The molecule has 0 aliphatic rings. The van der Waals surface area contributed by atoms with E-state index >= 15 is 0 Å². The van der Waals surface area contributed by atoms with Crippen LogP contribution in [-0.2, 0) is 0 Å². The van der Waals surface area contributed by atoms with Crippen LogP contribution in [0.25, 0.3) is 16.7 Å². The number of hydrogen-bond acceptors (Lipinski definition) is 3. The first-order chi connectivity index (χ1) is 8.31. The highest BCUT2D eigenvalue weighted by Gasteiger charge is 2.09. The van der Waals surface area contributed by atoms with Crippen molar-refractivity contribution in [1.82, 2.24) is 9.55 Å². The number of H-pyrrole nitrogens is 1. The highest BCUT2D eigenvalue weighted by atomic mass is 32.1. The van der Waals surface area contributed by atoms with Gasteiger partial charge in [-0.15, -0.1) is 0 Å². The van der Waals surface area contributed by atoms with E-state index in [2.05, 4.69) is 11.1 Å². The molecule has 0 saturated carbocycles. The van der Waals surface area contributed by atoms with Crippen LogP contribution in [0.5, 0.6) is 0 Å². The van der Waals surface area contributed by atoms with Gasteiger partial charge in [-0.1, -0.05) is 6.07 Å². The summed E-state index contributed by atoms with van der Waals surface area (Å²) in [5, 5.41) is 13.1. The Morgan fingerprint density at radius 2 is 2.24 bits per heavy atom. The summed E-state index contributed by atoms with van der Waals surface area (Å²) in [6.07, 6.45) is 0. The average molecular weight is 257 g/mol. The molecular formula is C12H7N3S2. The molecule has 5 heteroatoms. The Morgan fingerprint density at radius 3 is 2.94 bits per heavy atom. The number of aromatic amines is 1. The van der Waals surface area contributed by atoms with Gasteiger partial charge in [0.25, 0.3) is 0 Å². The highest BCUT2D eigenvalue weighted by molar-refractivity contribution is 7.71. The van der Waals surface area contributed by atoms with Gasteiger partial charge < -0.3 is 4.98 Å². The summed E-state index contributed by atoms with van der Waals surface area (Å²) in [5.41, 5.74) is 3.38. The Balaban J connectivity index is 2.46. The lowest BCUT2D eigenvalue weighted by atomic mass is 10.2. The number of nitriles is 1. The van der Waals surface area contributed by atoms with E-state index in [1.807, 2.05) is 33.5 Å². The van der Waals surface area contributed by atoms with Crippen molar-refractivity contribution in [2.75, 3.05) is 0 Å². The number of imidazole rings is 1. The standard InChI is InChI=1S/C12H7N3S2/c13-6-8-2-1-3-10-11(8)14-12(16)15(10)9-4-5-17-7-9/h1-5,7H,(H,14,16). The monoisotopic (exact) mass is 257 g/mol.